The van der Waals surface area contributed by atoms with Gasteiger partial charge in [0.05, 0.1) is 6.10 Å². The Balaban J connectivity index is 1.80. The fraction of sp³-hybridized carbons (Fsp3) is 0.438. The number of hydrogen-bond donors (Lipinski definition) is 2. The number of rotatable bonds is 4. The lowest BCUT2D eigenvalue weighted by Crippen LogP contribution is -2.17. The molecule has 7 heteroatoms. The van der Waals surface area contributed by atoms with Crippen LogP contribution in [0.25, 0.3) is 0 Å². The summed E-state index contributed by atoms with van der Waals surface area (Å²) >= 11 is 0. The molecule has 3 rings (SSSR count). The van der Waals surface area contributed by atoms with Gasteiger partial charge in [0, 0.05) is 14.1 Å². The maximum Gasteiger partial charge on any atom is 0.230 e. The first-order chi connectivity index (χ1) is 11.0. The Morgan fingerprint density at radius 2 is 2.13 bits per heavy atom. The molecule has 3 N–H and O–H groups in total. The Morgan fingerprint density at radius 3 is 2.91 bits per heavy atom. The normalized spacial score (nSPS) is 16.7. The third kappa shape index (κ3) is 3.34. The summed E-state index contributed by atoms with van der Waals surface area (Å²) < 4.78 is 5.89. The molecule has 1 aliphatic rings. The van der Waals surface area contributed by atoms with Gasteiger partial charge in [-0.3, -0.25) is 0 Å². The van der Waals surface area contributed by atoms with Crippen molar-refractivity contribution < 1.29 is 9.84 Å². The molecule has 7 nitrogen and oxygen atoms in total. The van der Waals surface area contributed by atoms with Crippen LogP contribution in [0.4, 0.5) is 11.9 Å². The Bertz CT molecular complexity index is 705. The number of ether oxygens (including phenoxy) is 1. The molecule has 0 amide bonds. The van der Waals surface area contributed by atoms with E-state index in [2.05, 4.69) is 15.0 Å². The van der Waals surface area contributed by atoms with Gasteiger partial charge in [0.25, 0.3) is 0 Å². The van der Waals surface area contributed by atoms with Gasteiger partial charge in [0.2, 0.25) is 11.9 Å². The first kappa shape index (κ1) is 15.5. The first-order valence-corrected chi connectivity index (χ1v) is 7.65. The second-order valence-electron chi connectivity index (χ2n) is 5.82. The van der Waals surface area contributed by atoms with Crippen LogP contribution in [-0.4, -0.2) is 34.2 Å². The summed E-state index contributed by atoms with van der Waals surface area (Å²) in [5.41, 5.74) is 7.74. The second kappa shape index (κ2) is 6.37. The van der Waals surface area contributed by atoms with Crippen LogP contribution in [0.2, 0.25) is 0 Å². The molecule has 1 heterocycles. The standard InChI is InChI=1S/C16H21N5O2/c1-21(2)16-19-14(18-15(17)20-16)9-23-13-8-4-5-10-11(13)6-3-7-12(10)22/h4-5,8,12,22H,3,6-7,9H2,1-2H3,(H2,17,18,19,20)/t12-/m0/s1. The van der Waals surface area contributed by atoms with Crippen molar-refractivity contribution in [3.63, 3.8) is 0 Å². The van der Waals surface area contributed by atoms with Crippen LogP contribution in [0.5, 0.6) is 5.75 Å². The van der Waals surface area contributed by atoms with Gasteiger partial charge in [-0.1, -0.05) is 12.1 Å². The number of hydrogen-bond acceptors (Lipinski definition) is 7. The monoisotopic (exact) mass is 315 g/mol. The van der Waals surface area contributed by atoms with Crippen molar-refractivity contribution >= 4 is 11.9 Å². The van der Waals surface area contributed by atoms with Crippen molar-refractivity contribution in [1.82, 2.24) is 15.0 Å². The van der Waals surface area contributed by atoms with Gasteiger partial charge in [0.15, 0.2) is 5.82 Å². The van der Waals surface area contributed by atoms with Crippen LogP contribution >= 0.6 is 0 Å². The zero-order valence-electron chi connectivity index (χ0n) is 13.4. The quantitative estimate of drug-likeness (QED) is 0.881. The summed E-state index contributed by atoms with van der Waals surface area (Å²) in [6, 6.07) is 5.76. The highest BCUT2D eigenvalue weighted by molar-refractivity contribution is 5.43. The highest BCUT2D eigenvalue weighted by Gasteiger charge is 2.21. The van der Waals surface area contributed by atoms with E-state index < -0.39 is 6.10 Å². The average molecular weight is 315 g/mol. The summed E-state index contributed by atoms with van der Waals surface area (Å²) in [5, 5.41) is 10.1. The van der Waals surface area contributed by atoms with Crippen LogP contribution in [0.15, 0.2) is 18.2 Å². The molecule has 0 radical (unpaired) electrons. The predicted molar refractivity (Wildman–Crippen MR) is 87.2 cm³/mol. The van der Waals surface area contributed by atoms with Crippen LogP contribution < -0.4 is 15.4 Å². The lowest BCUT2D eigenvalue weighted by Gasteiger charge is -2.23. The third-order valence-electron chi connectivity index (χ3n) is 3.88. The maximum absolute atomic E-state index is 10.1. The minimum atomic E-state index is -0.407. The van der Waals surface area contributed by atoms with Crippen molar-refractivity contribution in [2.24, 2.45) is 0 Å². The van der Waals surface area contributed by atoms with Crippen molar-refractivity contribution in [1.29, 1.82) is 0 Å². The summed E-state index contributed by atoms with van der Waals surface area (Å²) in [4.78, 5) is 14.3. The highest BCUT2D eigenvalue weighted by atomic mass is 16.5. The van der Waals surface area contributed by atoms with Gasteiger partial charge in [-0.05, 0) is 36.5 Å². The van der Waals surface area contributed by atoms with Crippen LogP contribution in [0.3, 0.4) is 0 Å². The third-order valence-corrected chi connectivity index (χ3v) is 3.88. The van der Waals surface area contributed by atoms with E-state index in [0.717, 1.165) is 36.1 Å². The topological polar surface area (TPSA) is 97.4 Å². The van der Waals surface area contributed by atoms with Gasteiger partial charge in [-0.25, -0.2) is 0 Å². The molecule has 0 unspecified atom stereocenters. The van der Waals surface area contributed by atoms with E-state index in [1.165, 1.54) is 0 Å². The smallest absolute Gasteiger partial charge is 0.230 e. The number of nitrogens with two attached hydrogens (primary N) is 1. The van der Waals surface area contributed by atoms with E-state index in [9.17, 15) is 5.11 Å². The van der Waals surface area contributed by atoms with Gasteiger partial charge >= 0.3 is 0 Å². The van der Waals surface area contributed by atoms with Crippen LogP contribution in [-0.2, 0) is 13.0 Å². The molecule has 0 aliphatic heterocycles. The minimum Gasteiger partial charge on any atom is -0.485 e. The second-order valence-corrected chi connectivity index (χ2v) is 5.82. The molecule has 1 aromatic heterocycles. The fourth-order valence-corrected chi connectivity index (χ4v) is 2.76. The molecule has 0 spiro atoms. The number of aliphatic hydroxyl groups is 1. The van der Waals surface area contributed by atoms with Crippen LogP contribution in [0.1, 0.15) is 35.9 Å². The number of aliphatic hydroxyl groups excluding tert-OH is 1. The maximum atomic E-state index is 10.1. The zero-order chi connectivity index (χ0) is 16.4. The number of benzene rings is 1. The van der Waals surface area contributed by atoms with E-state index in [-0.39, 0.29) is 12.6 Å². The Kier molecular flexibility index (Phi) is 4.29. The first-order valence-electron chi connectivity index (χ1n) is 7.65. The molecule has 1 atom stereocenters. The molecule has 2 aromatic rings. The number of anilines is 2. The van der Waals surface area contributed by atoms with E-state index in [0.29, 0.717) is 11.8 Å². The highest BCUT2D eigenvalue weighted by Crippen LogP contribution is 2.35. The lowest BCUT2D eigenvalue weighted by molar-refractivity contribution is 0.155. The Labute approximate surface area is 135 Å². The molecular formula is C16H21N5O2. The van der Waals surface area contributed by atoms with Crippen molar-refractivity contribution in [3.05, 3.63) is 35.2 Å². The van der Waals surface area contributed by atoms with Crippen molar-refractivity contribution in [2.75, 3.05) is 24.7 Å². The summed E-state index contributed by atoms with van der Waals surface area (Å²) in [7, 11) is 3.68. The molecule has 0 saturated heterocycles. The van der Waals surface area contributed by atoms with E-state index in [1.54, 1.807) is 4.90 Å². The molecule has 1 aliphatic carbocycles. The van der Waals surface area contributed by atoms with Gasteiger partial charge in [0.1, 0.15) is 12.4 Å². The molecule has 1 aromatic carbocycles. The summed E-state index contributed by atoms with van der Waals surface area (Å²) in [5.74, 6) is 1.93. The van der Waals surface area contributed by atoms with E-state index in [1.807, 2.05) is 32.3 Å². The number of aromatic nitrogens is 3. The lowest BCUT2D eigenvalue weighted by atomic mass is 9.89. The molecular weight excluding hydrogens is 294 g/mol. The SMILES string of the molecule is CN(C)c1nc(N)nc(COc2cccc3c2CCC[C@@H]3O)n1. The van der Waals surface area contributed by atoms with Crippen molar-refractivity contribution in [2.45, 2.75) is 32.0 Å². The number of fused-ring (bicyclic) bond motifs is 1. The van der Waals surface area contributed by atoms with Gasteiger partial charge < -0.3 is 20.5 Å². The Morgan fingerprint density at radius 1 is 1.30 bits per heavy atom. The van der Waals surface area contributed by atoms with E-state index in [4.69, 9.17) is 10.5 Å². The van der Waals surface area contributed by atoms with Crippen molar-refractivity contribution in [3.8, 4) is 5.75 Å². The zero-order valence-corrected chi connectivity index (χ0v) is 13.4. The minimum absolute atomic E-state index is 0.174. The molecule has 122 valence electrons. The molecule has 23 heavy (non-hydrogen) atoms. The number of nitrogen functional groups attached to an aromatic ring is 1. The van der Waals surface area contributed by atoms with Crippen LogP contribution in [0, 0.1) is 0 Å². The average Bonchev–Trinajstić information content (AvgIpc) is 2.53. The molecule has 0 bridgehead atoms. The molecule has 0 fully saturated rings. The predicted octanol–water partition coefficient (Wildman–Crippen LogP) is 1.47. The number of nitrogens with zero attached hydrogens (tertiary/aromatic N) is 4. The van der Waals surface area contributed by atoms with Gasteiger partial charge in [-0.15, -0.1) is 0 Å². The van der Waals surface area contributed by atoms with Gasteiger partial charge in [-0.2, -0.15) is 15.0 Å². The molecule has 0 saturated carbocycles. The largest absolute Gasteiger partial charge is 0.485 e. The summed E-state index contributed by atoms with van der Waals surface area (Å²) in [6.07, 6.45) is 2.26. The summed E-state index contributed by atoms with van der Waals surface area (Å²) in [6.45, 7) is 0.208. The Hall–Kier alpha value is -2.41. The van der Waals surface area contributed by atoms with E-state index >= 15 is 0 Å². The fourth-order valence-electron chi connectivity index (χ4n) is 2.76.